The lowest BCUT2D eigenvalue weighted by Gasteiger charge is -2.31. The van der Waals surface area contributed by atoms with Crippen LogP contribution in [0.4, 0.5) is 4.79 Å². The molecule has 1 aliphatic heterocycles. The van der Waals surface area contributed by atoms with Gasteiger partial charge in [-0.3, -0.25) is 14.5 Å². The van der Waals surface area contributed by atoms with Crippen LogP contribution in [-0.2, 0) is 25.5 Å². The summed E-state index contributed by atoms with van der Waals surface area (Å²) in [5.41, 5.74) is 0.385. The number of hydrogen-bond donors (Lipinski definition) is 0. The van der Waals surface area contributed by atoms with Crippen LogP contribution in [0.5, 0.6) is 0 Å². The summed E-state index contributed by atoms with van der Waals surface area (Å²) >= 11 is 0. The average molecular weight is 350 g/mol. The molecule has 25 heavy (non-hydrogen) atoms. The molecule has 0 unspecified atom stereocenters. The molecule has 1 fully saturated rings. The van der Waals surface area contributed by atoms with Crippen LogP contribution in [0.25, 0.3) is 0 Å². The Bertz CT molecular complexity index is 599. The van der Waals surface area contributed by atoms with Gasteiger partial charge >= 0.3 is 6.09 Å². The molecule has 0 saturated carbocycles. The fourth-order valence-electron chi connectivity index (χ4n) is 2.59. The van der Waals surface area contributed by atoms with E-state index in [1.807, 2.05) is 30.3 Å². The average Bonchev–Trinajstić information content (AvgIpc) is 2.96. The fraction of sp³-hybridized carbons (Fsp3) is 0.556. The first-order valence-corrected chi connectivity index (χ1v) is 8.21. The predicted molar refractivity (Wildman–Crippen MR) is 91.5 cm³/mol. The second-order valence-corrected chi connectivity index (χ2v) is 6.94. The highest BCUT2D eigenvalue weighted by Crippen LogP contribution is 2.25. The largest absolute Gasteiger partial charge is 0.444 e. The Hall–Kier alpha value is -2.12. The molecule has 2 amide bonds. The molecular weight excluding hydrogens is 324 g/mol. The Balaban J connectivity index is 2.23. The van der Waals surface area contributed by atoms with Crippen molar-refractivity contribution in [3.63, 3.8) is 0 Å². The van der Waals surface area contributed by atoms with Gasteiger partial charge in [-0.25, -0.2) is 9.86 Å². The minimum absolute atomic E-state index is 0.252. The maximum atomic E-state index is 12.7. The molecule has 1 heterocycles. The van der Waals surface area contributed by atoms with Gasteiger partial charge < -0.3 is 9.47 Å². The topological polar surface area (TPSA) is 68.3 Å². The van der Waals surface area contributed by atoms with E-state index in [-0.39, 0.29) is 12.6 Å². The smallest absolute Gasteiger partial charge is 0.413 e. The van der Waals surface area contributed by atoms with E-state index in [9.17, 15) is 9.59 Å². The van der Waals surface area contributed by atoms with Crippen molar-refractivity contribution in [1.29, 1.82) is 0 Å². The molecule has 7 nitrogen and oxygen atoms in total. The minimum atomic E-state index is -1.06. The molecule has 1 saturated heterocycles. The van der Waals surface area contributed by atoms with Gasteiger partial charge in [0.2, 0.25) is 6.23 Å². The Morgan fingerprint density at radius 2 is 1.92 bits per heavy atom. The van der Waals surface area contributed by atoms with Gasteiger partial charge in [0.1, 0.15) is 5.60 Å². The van der Waals surface area contributed by atoms with Crippen molar-refractivity contribution in [2.45, 2.75) is 45.1 Å². The standard InChI is InChI=1S/C18H26N2O5/c1-18(2,3)25-17(22)20-14(11-13-9-7-6-8-10-13)12-24-16(20)15(21)19(4)23-5/h6-10,14,16H,11-12H2,1-5H3/t14-,16-/m0/s1. The van der Waals surface area contributed by atoms with E-state index in [1.165, 1.54) is 19.1 Å². The van der Waals surface area contributed by atoms with Crippen molar-refractivity contribution in [2.24, 2.45) is 0 Å². The molecule has 0 aromatic heterocycles. The van der Waals surface area contributed by atoms with E-state index < -0.39 is 23.8 Å². The Kier molecular flexibility index (Phi) is 6.02. The number of carbonyl (C=O) groups is 2. The maximum absolute atomic E-state index is 12.7. The third kappa shape index (κ3) is 4.93. The number of likely N-dealkylation sites (N-methyl/N-ethyl adjacent to an activating group) is 1. The molecule has 1 aliphatic rings. The third-order valence-corrected chi connectivity index (χ3v) is 3.81. The SMILES string of the molecule is CON(C)C(=O)[C@@H]1OC[C@H](Cc2ccccc2)N1C(=O)OC(C)(C)C. The van der Waals surface area contributed by atoms with Crippen LogP contribution in [0.2, 0.25) is 0 Å². The van der Waals surface area contributed by atoms with Gasteiger partial charge in [0.05, 0.1) is 19.8 Å². The molecule has 2 atom stereocenters. The van der Waals surface area contributed by atoms with Crippen molar-refractivity contribution in [2.75, 3.05) is 20.8 Å². The first-order chi connectivity index (χ1) is 11.7. The quantitative estimate of drug-likeness (QED) is 0.779. The highest BCUT2D eigenvalue weighted by molar-refractivity contribution is 5.84. The van der Waals surface area contributed by atoms with Gasteiger partial charge in [0.25, 0.3) is 5.91 Å². The van der Waals surface area contributed by atoms with Gasteiger partial charge in [0, 0.05) is 7.05 Å². The molecule has 2 rings (SSSR count). The number of ether oxygens (including phenoxy) is 2. The molecule has 0 bridgehead atoms. The molecule has 0 N–H and O–H groups in total. The number of rotatable bonds is 4. The van der Waals surface area contributed by atoms with E-state index in [0.29, 0.717) is 6.42 Å². The first kappa shape index (κ1) is 19.2. The molecule has 0 aliphatic carbocycles. The summed E-state index contributed by atoms with van der Waals surface area (Å²) in [6.07, 6.45) is -1.07. The number of carbonyl (C=O) groups excluding carboxylic acids is 2. The van der Waals surface area contributed by atoms with Gasteiger partial charge in [-0.15, -0.1) is 0 Å². The Labute approximate surface area is 148 Å². The van der Waals surface area contributed by atoms with E-state index in [1.54, 1.807) is 20.8 Å². The van der Waals surface area contributed by atoms with Crippen molar-refractivity contribution in [1.82, 2.24) is 9.96 Å². The zero-order valence-corrected chi connectivity index (χ0v) is 15.4. The molecule has 7 heteroatoms. The lowest BCUT2D eigenvalue weighted by Crippen LogP contribution is -2.51. The summed E-state index contributed by atoms with van der Waals surface area (Å²) < 4.78 is 11.1. The van der Waals surface area contributed by atoms with E-state index in [2.05, 4.69) is 0 Å². The van der Waals surface area contributed by atoms with Crippen molar-refractivity contribution in [3.05, 3.63) is 35.9 Å². The second-order valence-electron chi connectivity index (χ2n) is 6.94. The summed E-state index contributed by atoms with van der Waals surface area (Å²) in [4.78, 5) is 31.5. The van der Waals surface area contributed by atoms with Gasteiger partial charge in [-0.05, 0) is 32.8 Å². The van der Waals surface area contributed by atoms with Crippen LogP contribution in [0, 0.1) is 0 Å². The maximum Gasteiger partial charge on any atom is 0.413 e. The van der Waals surface area contributed by atoms with Crippen LogP contribution in [0.3, 0.4) is 0 Å². The fourth-order valence-corrected chi connectivity index (χ4v) is 2.59. The van der Waals surface area contributed by atoms with Crippen LogP contribution in [-0.4, -0.2) is 60.6 Å². The Morgan fingerprint density at radius 3 is 2.48 bits per heavy atom. The molecule has 1 aromatic rings. The zero-order chi connectivity index (χ0) is 18.6. The van der Waals surface area contributed by atoms with Gasteiger partial charge in [-0.1, -0.05) is 30.3 Å². The van der Waals surface area contributed by atoms with Crippen molar-refractivity contribution >= 4 is 12.0 Å². The number of nitrogens with zero attached hydrogens (tertiary/aromatic N) is 2. The summed E-state index contributed by atoms with van der Waals surface area (Å²) in [6.45, 7) is 5.60. The number of benzene rings is 1. The molecule has 0 spiro atoms. The lowest BCUT2D eigenvalue weighted by molar-refractivity contribution is -0.184. The highest BCUT2D eigenvalue weighted by Gasteiger charge is 2.45. The summed E-state index contributed by atoms with van der Waals surface area (Å²) in [5.74, 6) is -0.455. The van der Waals surface area contributed by atoms with Crippen molar-refractivity contribution < 1.29 is 23.9 Å². The third-order valence-electron chi connectivity index (χ3n) is 3.81. The molecule has 1 aromatic carbocycles. The first-order valence-electron chi connectivity index (χ1n) is 8.21. The van der Waals surface area contributed by atoms with E-state index in [4.69, 9.17) is 14.3 Å². The minimum Gasteiger partial charge on any atom is -0.444 e. The number of amides is 2. The molecule has 0 radical (unpaired) electrons. The second kappa shape index (κ2) is 7.84. The van der Waals surface area contributed by atoms with Gasteiger partial charge in [0.15, 0.2) is 0 Å². The normalized spacial score (nSPS) is 20.4. The number of hydrogen-bond acceptors (Lipinski definition) is 5. The van der Waals surface area contributed by atoms with Gasteiger partial charge in [-0.2, -0.15) is 0 Å². The highest BCUT2D eigenvalue weighted by atomic mass is 16.7. The Morgan fingerprint density at radius 1 is 1.28 bits per heavy atom. The predicted octanol–water partition coefficient (Wildman–Crippen LogP) is 2.21. The van der Waals surface area contributed by atoms with Crippen molar-refractivity contribution in [3.8, 4) is 0 Å². The van der Waals surface area contributed by atoms with Crippen LogP contribution >= 0.6 is 0 Å². The summed E-state index contributed by atoms with van der Waals surface area (Å²) in [6, 6.07) is 9.46. The lowest BCUT2D eigenvalue weighted by atomic mass is 10.1. The molecular formula is C18H26N2O5. The van der Waals surface area contributed by atoms with E-state index in [0.717, 1.165) is 10.6 Å². The van der Waals surface area contributed by atoms with Crippen LogP contribution in [0.15, 0.2) is 30.3 Å². The zero-order valence-electron chi connectivity index (χ0n) is 15.4. The van der Waals surface area contributed by atoms with Crippen LogP contribution < -0.4 is 0 Å². The number of hydroxylamine groups is 2. The molecule has 138 valence electrons. The van der Waals surface area contributed by atoms with Crippen LogP contribution in [0.1, 0.15) is 26.3 Å². The summed E-state index contributed by atoms with van der Waals surface area (Å²) in [7, 11) is 2.86. The summed E-state index contributed by atoms with van der Waals surface area (Å²) in [5, 5.41) is 1.05. The van der Waals surface area contributed by atoms with E-state index >= 15 is 0 Å². The monoisotopic (exact) mass is 350 g/mol.